The zero-order valence-electron chi connectivity index (χ0n) is 10.8. The molecule has 1 unspecified atom stereocenters. The van der Waals surface area contributed by atoms with Gasteiger partial charge in [0.1, 0.15) is 0 Å². The standard InChI is InChI=1S/C15H16O3/c1-4-15(2,3)11-12(16)9-7-5-6-8-10(9)13(17)14(11)18/h5-8,11H,4H2,1-3H3. The summed E-state index contributed by atoms with van der Waals surface area (Å²) in [5.41, 5.74) is 0.140. The summed E-state index contributed by atoms with van der Waals surface area (Å²) < 4.78 is 0. The first-order valence-corrected chi connectivity index (χ1v) is 6.12. The van der Waals surface area contributed by atoms with Crippen molar-refractivity contribution >= 4 is 17.3 Å². The lowest BCUT2D eigenvalue weighted by Gasteiger charge is -2.33. The molecule has 2 rings (SSSR count). The van der Waals surface area contributed by atoms with Gasteiger partial charge in [0.05, 0.1) is 5.92 Å². The number of hydrogen-bond donors (Lipinski definition) is 0. The molecular weight excluding hydrogens is 228 g/mol. The molecule has 3 heteroatoms. The zero-order valence-corrected chi connectivity index (χ0v) is 10.8. The van der Waals surface area contributed by atoms with Crippen LogP contribution in [0.4, 0.5) is 0 Å². The molecule has 0 radical (unpaired) electrons. The number of hydrogen-bond acceptors (Lipinski definition) is 3. The number of benzene rings is 1. The number of carbonyl (C=O) groups is 3. The Morgan fingerprint density at radius 1 is 1.00 bits per heavy atom. The molecule has 0 saturated heterocycles. The van der Waals surface area contributed by atoms with Gasteiger partial charge in [0, 0.05) is 11.1 Å². The van der Waals surface area contributed by atoms with Gasteiger partial charge in [-0.3, -0.25) is 14.4 Å². The van der Waals surface area contributed by atoms with Crippen molar-refractivity contribution in [1.29, 1.82) is 0 Å². The van der Waals surface area contributed by atoms with Gasteiger partial charge in [-0.1, -0.05) is 45.0 Å². The lowest BCUT2D eigenvalue weighted by atomic mass is 9.66. The predicted molar refractivity (Wildman–Crippen MR) is 67.7 cm³/mol. The van der Waals surface area contributed by atoms with Crippen molar-refractivity contribution in [1.82, 2.24) is 0 Å². The second-order valence-electron chi connectivity index (χ2n) is 5.38. The number of rotatable bonds is 2. The molecule has 0 amide bonds. The average molecular weight is 244 g/mol. The van der Waals surface area contributed by atoms with Crippen molar-refractivity contribution in [2.24, 2.45) is 11.3 Å². The Morgan fingerprint density at radius 3 is 2.11 bits per heavy atom. The molecule has 0 heterocycles. The van der Waals surface area contributed by atoms with E-state index in [4.69, 9.17) is 0 Å². The van der Waals surface area contributed by atoms with Crippen LogP contribution in [0.5, 0.6) is 0 Å². The first-order chi connectivity index (χ1) is 8.40. The Hall–Kier alpha value is -1.77. The molecule has 1 aliphatic carbocycles. The Morgan fingerprint density at radius 2 is 1.56 bits per heavy atom. The Labute approximate surface area is 106 Å². The first-order valence-electron chi connectivity index (χ1n) is 6.12. The van der Waals surface area contributed by atoms with Gasteiger partial charge in [0.2, 0.25) is 11.6 Å². The number of Topliss-reactive ketones (excluding diaryl/α,β-unsaturated/α-hetero) is 3. The van der Waals surface area contributed by atoms with Gasteiger partial charge in [-0.05, 0) is 11.8 Å². The minimum Gasteiger partial charge on any atom is -0.293 e. The first kappa shape index (κ1) is 12.7. The van der Waals surface area contributed by atoms with E-state index in [1.165, 1.54) is 0 Å². The van der Waals surface area contributed by atoms with Crippen molar-refractivity contribution in [3.8, 4) is 0 Å². The van der Waals surface area contributed by atoms with Crippen LogP contribution in [0.25, 0.3) is 0 Å². The smallest absolute Gasteiger partial charge is 0.230 e. The van der Waals surface area contributed by atoms with Gasteiger partial charge in [-0.2, -0.15) is 0 Å². The van der Waals surface area contributed by atoms with E-state index < -0.39 is 22.9 Å². The molecule has 0 bridgehead atoms. The lowest BCUT2D eigenvalue weighted by molar-refractivity contribution is -0.120. The monoisotopic (exact) mass is 244 g/mol. The Balaban J connectivity index is 2.60. The van der Waals surface area contributed by atoms with Crippen molar-refractivity contribution in [3.63, 3.8) is 0 Å². The van der Waals surface area contributed by atoms with Crippen LogP contribution in [0, 0.1) is 11.3 Å². The van der Waals surface area contributed by atoms with Crippen LogP contribution < -0.4 is 0 Å². The van der Waals surface area contributed by atoms with Crippen LogP contribution >= 0.6 is 0 Å². The predicted octanol–water partition coefficient (Wildman–Crippen LogP) is 2.69. The summed E-state index contributed by atoms with van der Waals surface area (Å²) in [6, 6.07) is 6.56. The van der Waals surface area contributed by atoms with Gasteiger partial charge < -0.3 is 0 Å². The van der Waals surface area contributed by atoms with Gasteiger partial charge in [0.25, 0.3) is 0 Å². The lowest BCUT2D eigenvalue weighted by Crippen LogP contribution is -2.44. The topological polar surface area (TPSA) is 51.2 Å². The molecule has 18 heavy (non-hydrogen) atoms. The van der Waals surface area contributed by atoms with Gasteiger partial charge in [-0.15, -0.1) is 0 Å². The summed E-state index contributed by atoms with van der Waals surface area (Å²) in [6.07, 6.45) is 0.671. The highest BCUT2D eigenvalue weighted by atomic mass is 16.2. The summed E-state index contributed by atoms with van der Waals surface area (Å²) >= 11 is 0. The highest BCUT2D eigenvalue weighted by Gasteiger charge is 2.47. The van der Waals surface area contributed by atoms with E-state index in [2.05, 4.69) is 0 Å². The summed E-state index contributed by atoms with van der Waals surface area (Å²) in [7, 11) is 0. The number of fused-ring (bicyclic) bond motifs is 1. The molecule has 3 nitrogen and oxygen atoms in total. The van der Waals surface area contributed by atoms with Crippen molar-refractivity contribution in [2.75, 3.05) is 0 Å². The van der Waals surface area contributed by atoms with E-state index in [1.807, 2.05) is 20.8 Å². The maximum atomic E-state index is 12.4. The van der Waals surface area contributed by atoms with Crippen LogP contribution in [0.2, 0.25) is 0 Å². The third-order valence-electron chi connectivity index (χ3n) is 3.88. The van der Waals surface area contributed by atoms with E-state index in [-0.39, 0.29) is 11.3 Å². The molecule has 0 aliphatic heterocycles. The molecule has 0 fully saturated rings. The maximum Gasteiger partial charge on any atom is 0.230 e. The second-order valence-corrected chi connectivity index (χ2v) is 5.38. The van der Waals surface area contributed by atoms with Gasteiger partial charge >= 0.3 is 0 Å². The van der Waals surface area contributed by atoms with Gasteiger partial charge in [0.15, 0.2) is 5.78 Å². The number of carbonyl (C=O) groups excluding carboxylic acids is 3. The minimum atomic E-state index is -0.843. The summed E-state index contributed by atoms with van der Waals surface area (Å²) in [4.78, 5) is 36.6. The molecule has 94 valence electrons. The minimum absolute atomic E-state index is 0.220. The van der Waals surface area contributed by atoms with Crippen LogP contribution in [0.15, 0.2) is 24.3 Å². The van der Waals surface area contributed by atoms with E-state index in [9.17, 15) is 14.4 Å². The van der Waals surface area contributed by atoms with Crippen LogP contribution in [0.3, 0.4) is 0 Å². The summed E-state index contributed by atoms with van der Waals surface area (Å²) in [5, 5.41) is 0. The molecule has 0 N–H and O–H groups in total. The fraction of sp³-hybridized carbons (Fsp3) is 0.400. The van der Waals surface area contributed by atoms with E-state index in [0.29, 0.717) is 12.0 Å². The quantitative estimate of drug-likeness (QED) is 0.593. The van der Waals surface area contributed by atoms with Crippen molar-refractivity contribution < 1.29 is 14.4 Å². The molecule has 0 saturated carbocycles. The summed E-state index contributed by atoms with van der Waals surface area (Å²) in [5.74, 6) is -2.16. The van der Waals surface area contributed by atoms with E-state index in [0.717, 1.165) is 0 Å². The van der Waals surface area contributed by atoms with Crippen molar-refractivity contribution in [3.05, 3.63) is 35.4 Å². The highest BCUT2D eigenvalue weighted by molar-refractivity contribution is 6.51. The zero-order chi connectivity index (χ0) is 13.5. The van der Waals surface area contributed by atoms with Crippen LogP contribution in [-0.2, 0) is 4.79 Å². The normalized spacial score (nSPS) is 19.9. The van der Waals surface area contributed by atoms with Crippen molar-refractivity contribution in [2.45, 2.75) is 27.2 Å². The van der Waals surface area contributed by atoms with Gasteiger partial charge in [-0.25, -0.2) is 0 Å². The largest absolute Gasteiger partial charge is 0.293 e. The molecule has 1 atom stereocenters. The molecular formula is C15H16O3. The third-order valence-corrected chi connectivity index (χ3v) is 3.88. The van der Waals surface area contributed by atoms with Crippen LogP contribution in [0.1, 0.15) is 47.9 Å². The summed E-state index contributed by atoms with van der Waals surface area (Å²) in [6.45, 7) is 5.63. The fourth-order valence-electron chi connectivity index (χ4n) is 2.35. The number of ketones is 3. The Kier molecular flexibility index (Phi) is 2.93. The fourth-order valence-corrected chi connectivity index (χ4v) is 2.35. The third kappa shape index (κ3) is 1.70. The van der Waals surface area contributed by atoms with Crippen LogP contribution in [-0.4, -0.2) is 17.3 Å². The average Bonchev–Trinajstić information content (AvgIpc) is 2.36. The maximum absolute atomic E-state index is 12.4. The molecule has 0 aromatic heterocycles. The highest BCUT2D eigenvalue weighted by Crippen LogP contribution is 2.37. The Bertz CT molecular complexity index is 540. The molecule has 1 aromatic rings. The molecule has 0 spiro atoms. The molecule has 1 aliphatic rings. The van der Waals surface area contributed by atoms with E-state index in [1.54, 1.807) is 24.3 Å². The second kappa shape index (κ2) is 4.16. The SMILES string of the molecule is CCC(C)(C)C1C(=O)C(=O)c2ccccc2C1=O. The van der Waals surface area contributed by atoms with E-state index >= 15 is 0 Å². The molecule has 1 aromatic carbocycles.